The molecule has 0 bridgehead atoms. The lowest BCUT2D eigenvalue weighted by molar-refractivity contribution is 0.0690. The first-order valence-electron chi connectivity index (χ1n) is 4.42. The molecular weight excluding hydrogens is 286 g/mol. The van der Waals surface area contributed by atoms with Crippen LogP contribution in [-0.4, -0.2) is 21.3 Å². The Balaban J connectivity index is 2.52. The topological polar surface area (TPSA) is 66.0 Å². The Bertz CT molecular complexity index is 595. The van der Waals surface area contributed by atoms with Crippen LogP contribution < -0.4 is 0 Å². The smallest absolute Gasteiger partial charge is 0.353 e. The van der Waals surface area contributed by atoms with Gasteiger partial charge in [0.1, 0.15) is 5.69 Å². The lowest BCUT2D eigenvalue weighted by atomic mass is 10.1. The molecule has 0 atom stereocenters. The lowest BCUT2D eigenvalue weighted by Crippen LogP contribution is -1.95. The van der Waals surface area contributed by atoms with Crippen molar-refractivity contribution in [2.75, 3.05) is 0 Å². The van der Waals surface area contributed by atoms with E-state index in [0.717, 1.165) is 0 Å². The molecule has 2 aromatic rings. The van der Waals surface area contributed by atoms with Crippen LogP contribution in [0.2, 0.25) is 15.1 Å². The Kier molecular flexibility index (Phi) is 3.28. The highest BCUT2D eigenvalue weighted by molar-refractivity contribution is 6.44. The Morgan fingerprint density at radius 1 is 1.12 bits per heavy atom. The number of benzene rings is 1. The third kappa shape index (κ3) is 2.39. The van der Waals surface area contributed by atoms with Crippen LogP contribution in [0.25, 0.3) is 11.3 Å². The minimum absolute atomic E-state index is 0.0258. The summed E-state index contributed by atoms with van der Waals surface area (Å²) in [7, 11) is 0. The zero-order chi connectivity index (χ0) is 12.6. The Hall–Kier alpha value is -1.23. The zero-order valence-corrected chi connectivity index (χ0v) is 10.4. The fraction of sp³-hybridized carbons (Fsp3) is 0. The van der Waals surface area contributed by atoms with E-state index in [2.05, 4.69) is 10.2 Å². The highest BCUT2D eigenvalue weighted by Gasteiger charge is 2.13. The fourth-order valence-corrected chi connectivity index (χ4v) is 1.93. The Morgan fingerprint density at radius 3 is 2.35 bits per heavy atom. The van der Waals surface area contributed by atoms with E-state index in [1.807, 2.05) is 0 Å². The number of carbonyl (C=O) groups is 1. The van der Waals surface area contributed by atoms with Gasteiger partial charge in [0.15, 0.2) is 0 Å². The zero-order valence-electron chi connectivity index (χ0n) is 8.17. The molecule has 0 saturated heterocycles. The summed E-state index contributed by atoms with van der Waals surface area (Å²) < 4.78 is 0. The monoisotopic (exact) mass is 290 g/mol. The first-order valence-corrected chi connectivity index (χ1v) is 5.56. The van der Waals surface area contributed by atoms with Gasteiger partial charge in [-0.3, -0.25) is 5.10 Å². The summed E-state index contributed by atoms with van der Waals surface area (Å²) in [6.45, 7) is 0. The number of nitrogens with zero attached hydrogens (tertiary/aromatic N) is 1. The van der Waals surface area contributed by atoms with Crippen molar-refractivity contribution in [3.05, 3.63) is 39.0 Å². The quantitative estimate of drug-likeness (QED) is 0.828. The number of aromatic nitrogens is 2. The number of aromatic amines is 1. The van der Waals surface area contributed by atoms with E-state index >= 15 is 0 Å². The highest BCUT2D eigenvalue weighted by atomic mass is 35.5. The molecule has 1 heterocycles. The summed E-state index contributed by atoms with van der Waals surface area (Å²) in [5.74, 6) is -1.10. The maximum atomic E-state index is 10.7. The molecule has 0 aliphatic rings. The minimum Gasteiger partial charge on any atom is -0.477 e. The first kappa shape index (κ1) is 12.2. The normalized spacial score (nSPS) is 10.5. The maximum Gasteiger partial charge on any atom is 0.353 e. The minimum atomic E-state index is -1.10. The van der Waals surface area contributed by atoms with Crippen LogP contribution in [0.5, 0.6) is 0 Å². The fourth-order valence-electron chi connectivity index (χ4n) is 1.29. The van der Waals surface area contributed by atoms with Crippen LogP contribution in [0.4, 0.5) is 0 Å². The van der Waals surface area contributed by atoms with Gasteiger partial charge in [-0.15, -0.1) is 0 Å². The molecule has 0 fully saturated rings. The number of nitrogens with one attached hydrogen (secondary N) is 1. The van der Waals surface area contributed by atoms with Gasteiger partial charge in [0.25, 0.3) is 0 Å². The molecule has 0 radical (unpaired) electrons. The molecule has 0 spiro atoms. The van der Waals surface area contributed by atoms with E-state index in [1.165, 1.54) is 18.2 Å². The second kappa shape index (κ2) is 4.56. The van der Waals surface area contributed by atoms with Gasteiger partial charge in [0.2, 0.25) is 0 Å². The van der Waals surface area contributed by atoms with Gasteiger partial charge >= 0.3 is 5.97 Å². The summed E-state index contributed by atoms with van der Waals surface area (Å²) in [5, 5.41) is 16.0. The number of aromatic carboxylic acids is 1. The summed E-state index contributed by atoms with van der Waals surface area (Å²) in [6, 6.07) is 4.39. The van der Waals surface area contributed by atoms with Crippen LogP contribution >= 0.6 is 34.8 Å². The standard InChI is InChI=1S/C10H5Cl3N2O2/c11-5-2-7(13)6(12)1-4(5)8-3-9(10(16)17)15-14-8/h1-3H,(H,14,15)(H,16,17). The third-order valence-corrected chi connectivity index (χ3v) is 3.13. The van der Waals surface area contributed by atoms with Crippen molar-refractivity contribution >= 4 is 40.8 Å². The largest absolute Gasteiger partial charge is 0.477 e. The van der Waals surface area contributed by atoms with Crippen molar-refractivity contribution in [1.29, 1.82) is 0 Å². The van der Waals surface area contributed by atoms with Crippen LogP contribution in [-0.2, 0) is 0 Å². The SMILES string of the molecule is O=C(O)c1cc(-c2cc(Cl)c(Cl)cc2Cl)n[nH]1. The van der Waals surface area contributed by atoms with Gasteiger partial charge in [0, 0.05) is 5.56 Å². The van der Waals surface area contributed by atoms with E-state index in [0.29, 0.717) is 26.3 Å². The van der Waals surface area contributed by atoms with Crippen LogP contribution in [0.1, 0.15) is 10.5 Å². The van der Waals surface area contributed by atoms with E-state index in [-0.39, 0.29) is 5.69 Å². The Labute approximate surface area is 111 Å². The molecule has 0 saturated carbocycles. The van der Waals surface area contributed by atoms with Gasteiger partial charge in [0.05, 0.1) is 20.8 Å². The van der Waals surface area contributed by atoms with E-state index < -0.39 is 5.97 Å². The van der Waals surface area contributed by atoms with Gasteiger partial charge in [-0.25, -0.2) is 4.79 Å². The van der Waals surface area contributed by atoms with Crippen molar-refractivity contribution in [2.45, 2.75) is 0 Å². The van der Waals surface area contributed by atoms with E-state index in [9.17, 15) is 4.79 Å². The van der Waals surface area contributed by atoms with Crippen molar-refractivity contribution < 1.29 is 9.90 Å². The molecule has 1 aromatic heterocycles. The number of halogens is 3. The van der Waals surface area contributed by atoms with Gasteiger partial charge in [-0.1, -0.05) is 34.8 Å². The molecule has 7 heteroatoms. The third-order valence-electron chi connectivity index (χ3n) is 2.09. The van der Waals surface area contributed by atoms with Crippen molar-refractivity contribution in [1.82, 2.24) is 10.2 Å². The molecule has 0 unspecified atom stereocenters. The molecule has 4 nitrogen and oxygen atoms in total. The van der Waals surface area contributed by atoms with Crippen LogP contribution in [0.15, 0.2) is 18.2 Å². The van der Waals surface area contributed by atoms with Gasteiger partial charge in [-0.05, 0) is 18.2 Å². The predicted octanol–water partition coefficient (Wildman–Crippen LogP) is 3.74. The molecule has 2 rings (SSSR count). The number of carboxylic acid groups (broad SMARTS) is 1. The van der Waals surface area contributed by atoms with Gasteiger partial charge in [-0.2, -0.15) is 5.10 Å². The average molecular weight is 292 g/mol. The molecule has 88 valence electrons. The number of H-pyrrole nitrogens is 1. The second-order valence-corrected chi connectivity index (χ2v) is 4.44. The summed E-state index contributed by atoms with van der Waals surface area (Å²) >= 11 is 17.6. The molecule has 0 aliphatic carbocycles. The summed E-state index contributed by atoms with van der Waals surface area (Å²) in [6.07, 6.45) is 0. The second-order valence-electron chi connectivity index (χ2n) is 3.22. The average Bonchev–Trinajstić information content (AvgIpc) is 2.72. The molecule has 2 N–H and O–H groups in total. The van der Waals surface area contributed by atoms with Crippen molar-refractivity contribution in [3.63, 3.8) is 0 Å². The van der Waals surface area contributed by atoms with Crippen molar-refractivity contribution in [2.24, 2.45) is 0 Å². The highest BCUT2D eigenvalue weighted by Crippen LogP contribution is 2.34. The predicted molar refractivity (Wildman–Crippen MR) is 66.0 cm³/mol. The number of hydrogen-bond donors (Lipinski definition) is 2. The van der Waals surface area contributed by atoms with Gasteiger partial charge < -0.3 is 5.11 Å². The molecule has 0 amide bonds. The van der Waals surface area contributed by atoms with E-state index in [1.54, 1.807) is 0 Å². The maximum absolute atomic E-state index is 10.7. The number of rotatable bonds is 2. The van der Waals surface area contributed by atoms with Crippen LogP contribution in [0.3, 0.4) is 0 Å². The van der Waals surface area contributed by atoms with Crippen molar-refractivity contribution in [3.8, 4) is 11.3 Å². The lowest BCUT2D eigenvalue weighted by Gasteiger charge is -2.02. The number of hydrogen-bond acceptors (Lipinski definition) is 2. The molecule has 1 aromatic carbocycles. The summed E-state index contributed by atoms with van der Waals surface area (Å²) in [4.78, 5) is 10.7. The first-order chi connectivity index (χ1) is 7.99. The van der Waals surface area contributed by atoms with Crippen LogP contribution in [0, 0.1) is 0 Å². The molecule has 17 heavy (non-hydrogen) atoms. The molecular formula is C10H5Cl3N2O2. The summed E-state index contributed by atoms with van der Waals surface area (Å²) in [5.41, 5.74) is 0.887. The molecule has 0 aliphatic heterocycles. The Morgan fingerprint density at radius 2 is 1.76 bits per heavy atom. The van der Waals surface area contributed by atoms with E-state index in [4.69, 9.17) is 39.9 Å². The number of carboxylic acids is 1.